The molecule has 5 nitrogen and oxygen atoms in total. The number of halogens is 2. The van der Waals surface area contributed by atoms with Gasteiger partial charge in [0, 0.05) is 0 Å². The van der Waals surface area contributed by atoms with Crippen LogP contribution in [0.1, 0.15) is 13.8 Å². The van der Waals surface area contributed by atoms with Crippen molar-refractivity contribution < 1.29 is 23.9 Å². The molecule has 0 aliphatic carbocycles. The molecule has 0 aliphatic rings. The van der Waals surface area contributed by atoms with E-state index in [4.69, 9.17) is 27.9 Å². The van der Waals surface area contributed by atoms with Crippen LogP contribution < -0.4 is 0 Å². The van der Waals surface area contributed by atoms with Crippen molar-refractivity contribution in [1.29, 1.82) is 0 Å². The summed E-state index contributed by atoms with van der Waals surface area (Å²) in [5, 5.41) is 19.5. The van der Waals surface area contributed by atoms with Crippen LogP contribution in [-0.4, -0.2) is 110 Å². The van der Waals surface area contributed by atoms with Crippen LogP contribution in [0.3, 0.4) is 0 Å². The molecule has 0 fully saturated rings. The van der Waals surface area contributed by atoms with E-state index in [9.17, 15) is 10.2 Å². The zero-order chi connectivity index (χ0) is 17.9. The molecule has 0 amide bonds. The summed E-state index contributed by atoms with van der Waals surface area (Å²) in [7, 11) is 4.23. The molecule has 0 aliphatic heterocycles. The first-order valence-corrected chi connectivity index (χ1v) is 9.54. The Morgan fingerprint density at radius 3 is 1.43 bits per heavy atom. The molecule has 0 bridgehead atoms. The second kappa shape index (κ2) is 11.9. The summed E-state index contributed by atoms with van der Waals surface area (Å²) in [5.74, 6) is 0.536. The summed E-state index contributed by atoms with van der Waals surface area (Å²) in [6, 6.07) is 0. The second-order valence-corrected chi connectivity index (χ2v) is 7.53. The van der Waals surface area contributed by atoms with E-state index in [0.29, 0.717) is 26.3 Å². The van der Waals surface area contributed by atoms with E-state index in [2.05, 4.69) is 27.9 Å². The van der Waals surface area contributed by atoms with Gasteiger partial charge in [0.25, 0.3) is 0 Å². The molecule has 0 spiro atoms. The average Bonchev–Trinajstić information content (AvgIpc) is 2.54. The minimum atomic E-state index is -0.473. The molecule has 0 radical (unpaired) electrons. The Morgan fingerprint density at radius 1 is 0.826 bits per heavy atom. The highest BCUT2D eigenvalue weighted by molar-refractivity contribution is 6.18. The Hall–Kier alpha value is 0.380. The van der Waals surface area contributed by atoms with Crippen molar-refractivity contribution in [3.05, 3.63) is 0 Å². The zero-order valence-electron chi connectivity index (χ0n) is 15.2. The molecule has 0 heterocycles. The first-order valence-electron chi connectivity index (χ1n) is 8.47. The predicted molar refractivity (Wildman–Crippen MR) is 97.2 cm³/mol. The van der Waals surface area contributed by atoms with Gasteiger partial charge in [0.05, 0.1) is 52.2 Å². The van der Waals surface area contributed by atoms with Crippen LogP contribution in [0.4, 0.5) is 0 Å². The van der Waals surface area contributed by atoms with Crippen molar-refractivity contribution in [2.24, 2.45) is 0 Å². The fourth-order valence-electron chi connectivity index (χ4n) is 2.54. The summed E-state index contributed by atoms with van der Waals surface area (Å²) in [4.78, 5) is 0. The minimum absolute atomic E-state index is 0.268. The van der Waals surface area contributed by atoms with Gasteiger partial charge < -0.3 is 23.9 Å². The topological polar surface area (TPSA) is 49.7 Å². The van der Waals surface area contributed by atoms with E-state index in [1.54, 1.807) is 0 Å². The Labute approximate surface area is 151 Å². The van der Waals surface area contributed by atoms with Crippen molar-refractivity contribution >= 4 is 23.2 Å². The number of alkyl halides is 2. The summed E-state index contributed by atoms with van der Waals surface area (Å²) in [6.07, 6.45) is -0.947. The van der Waals surface area contributed by atoms with Crippen LogP contribution in [-0.2, 0) is 4.74 Å². The van der Waals surface area contributed by atoms with E-state index in [1.807, 2.05) is 0 Å². The van der Waals surface area contributed by atoms with Gasteiger partial charge in [0.1, 0.15) is 38.4 Å². The first kappa shape index (κ1) is 23.4. The number of nitrogens with zero attached hydrogens (tertiary/aromatic N) is 2. The van der Waals surface area contributed by atoms with Gasteiger partial charge in [-0.25, -0.2) is 0 Å². The Kier molecular flexibility index (Phi) is 12.0. The standard InChI is InChI=1S/C16H36Cl2N2O3/c1-5-19(3,13-15(21)11-17)7-9-23-10-8-20(4,6-2)14-16(22)12-18/h15-16,21-22H,5-14H2,1-4H3/q+2. The van der Waals surface area contributed by atoms with Crippen LogP contribution in [0.15, 0.2) is 0 Å². The van der Waals surface area contributed by atoms with Gasteiger partial charge in [-0.15, -0.1) is 23.2 Å². The fraction of sp³-hybridized carbons (Fsp3) is 1.00. The maximum Gasteiger partial charge on any atom is 0.116 e. The highest BCUT2D eigenvalue weighted by Crippen LogP contribution is 2.07. The molecule has 2 N–H and O–H groups in total. The third kappa shape index (κ3) is 10.1. The van der Waals surface area contributed by atoms with E-state index in [1.165, 1.54) is 0 Å². The monoisotopic (exact) mass is 374 g/mol. The number of ether oxygens (including phenoxy) is 1. The van der Waals surface area contributed by atoms with Crippen molar-refractivity contribution in [3.8, 4) is 0 Å². The molecule has 0 saturated heterocycles. The maximum absolute atomic E-state index is 9.75. The summed E-state index contributed by atoms with van der Waals surface area (Å²) in [5.41, 5.74) is 0. The predicted octanol–water partition coefficient (Wildman–Crippen LogP) is 1.14. The van der Waals surface area contributed by atoms with E-state index < -0.39 is 12.2 Å². The lowest BCUT2D eigenvalue weighted by Crippen LogP contribution is -2.52. The quantitative estimate of drug-likeness (QED) is 0.272. The fourth-order valence-corrected chi connectivity index (χ4v) is 2.74. The van der Waals surface area contributed by atoms with Gasteiger partial charge in [-0.3, -0.25) is 0 Å². The van der Waals surface area contributed by atoms with E-state index >= 15 is 0 Å². The van der Waals surface area contributed by atoms with Crippen LogP contribution in [0.2, 0.25) is 0 Å². The number of hydrogen-bond acceptors (Lipinski definition) is 3. The Balaban J connectivity index is 4.13. The molecule has 140 valence electrons. The average molecular weight is 375 g/mol. The number of hydrogen-bond donors (Lipinski definition) is 2. The summed E-state index contributed by atoms with van der Waals surface area (Å²) in [6.45, 7) is 10.4. The molecule has 4 atom stereocenters. The number of rotatable bonds is 14. The second-order valence-electron chi connectivity index (χ2n) is 6.91. The molecule has 23 heavy (non-hydrogen) atoms. The van der Waals surface area contributed by atoms with Crippen molar-refractivity contribution in [2.45, 2.75) is 26.1 Å². The smallest absolute Gasteiger partial charge is 0.116 e. The van der Waals surface area contributed by atoms with Gasteiger partial charge in [0.2, 0.25) is 0 Å². The summed E-state index contributed by atoms with van der Waals surface area (Å²) >= 11 is 11.4. The lowest BCUT2D eigenvalue weighted by Gasteiger charge is -2.36. The largest absolute Gasteiger partial charge is 0.386 e. The van der Waals surface area contributed by atoms with Crippen LogP contribution in [0.25, 0.3) is 0 Å². The van der Waals surface area contributed by atoms with Gasteiger partial charge in [-0.2, -0.15) is 0 Å². The van der Waals surface area contributed by atoms with Crippen molar-refractivity contribution in [2.75, 3.05) is 78.3 Å². The van der Waals surface area contributed by atoms with Crippen molar-refractivity contribution in [1.82, 2.24) is 0 Å². The molecule has 0 aromatic heterocycles. The van der Waals surface area contributed by atoms with E-state index in [0.717, 1.165) is 35.1 Å². The third-order valence-corrected chi connectivity index (χ3v) is 5.45. The molecule has 7 heteroatoms. The molecule has 0 saturated carbocycles. The lowest BCUT2D eigenvalue weighted by molar-refractivity contribution is -0.914. The Bertz CT molecular complexity index is 285. The van der Waals surface area contributed by atoms with E-state index in [-0.39, 0.29) is 11.8 Å². The van der Waals surface area contributed by atoms with Crippen LogP contribution >= 0.6 is 23.2 Å². The molecule has 0 aromatic carbocycles. The minimum Gasteiger partial charge on any atom is -0.386 e. The van der Waals surface area contributed by atoms with Crippen LogP contribution in [0, 0.1) is 0 Å². The normalized spacial score (nSPS) is 19.8. The van der Waals surface area contributed by atoms with Gasteiger partial charge in [-0.05, 0) is 13.8 Å². The lowest BCUT2D eigenvalue weighted by atomic mass is 10.3. The Morgan fingerprint density at radius 2 is 1.17 bits per heavy atom. The van der Waals surface area contributed by atoms with Gasteiger partial charge in [0.15, 0.2) is 0 Å². The molecule has 0 rings (SSSR count). The van der Waals surface area contributed by atoms with Gasteiger partial charge in [-0.1, -0.05) is 0 Å². The number of aliphatic hydroxyl groups excluding tert-OH is 2. The highest BCUT2D eigenvalue weighted by atomic mass is 35.5. The first-order chi connectivity index (χ1) is 10.7. The van der Waals surface area contributed by atoms with Crippen LogP contribution in [0.5, 0.6) is 0 Å². The van der Waals surface area contributed by atoms with Crippen molar-refractivity contribution in [3.63, 3.8) is 0 Å². The zero-order valence-corrected chi connectivity index (χ0v) is 16.7. The highest BCUT2D eigenvalue weighted by Gasteiger charge is 2.25. The molecular formula is C16H36Cl2N2O3+2. The number of aliphatic hydroxyl groups is 2. The molecule has 4 unspecified atom stereocenters. The molecular weight excluding hydrogens is 339 g/mol. The van der Waals surface area contributed by atoms with Gasteiger partial charge >= 0.3 is 0 Å². The molecule has 0 aromatic rings. The maximum atomic E-state index is 9.75. The number of likely N-dealkylation sites (N-methyl/N-ethyl adjacent to an activating group) is 2. The number of quaternary nitrogens is 2. The SMILES string of the molecule is CC[N+](C)(CCOCC[N+](C)(CC)CC(O)CCl)CC(O)CCl. The summed E-state index contributed by atoms with van der Waals surface area (Å²) < 4.78 is 7.30. The third-order valence-electron chi connectivity index (χ3n) is 4.74.